The second-order valence-electron chi connectivity index (χ2n) is 12.9. The molecule has 2 bridgehead atoms. The molecular formula is C30H30ClN5O2. The summed E-state index contributed by atoms with van der Waals surface area (Å²) in [4.78, 5) is 2.39. The molecule has 4 atom stereocenters. The molecule has 10 rings (SSSR count). The van der Waals surface area contributed by atoms with Gasteiger partial charge in [-0.2, -0.15) is 10.2 Å². The van der Waals surface area contributed by atoms with E-state index in [9.17, 15) is 5.11 Å². The van der Waals surface area contributed by atoms with Crippen molar-refractivity contribution < 1.29 is 9.84 Å². The van der Waals surface area contributed by atoms with Crippen molar-refractivity contribution in [1.29, 1.82) is 0 Å². The highest BCUT2D eigenvalue weighted by molar-refractivity contribution is 6.34. The van der Waals surface area contributed by atoms with Crippen LogP contribution in [0.1, 0.15) is 31.2 Å². The van der Waals surface area contributed by atoms with Crippen LogP contribution in [-0.4, -0.2) is 51.5 Å². The quantitative estimate of drug-likeness (QED) is 0.392. The average molecular weight is 528 g/mol. The molecule has 5 aliphatic carbocycles. The predicted molar refractivity (Wildman–Crippen MR) is 145 cm³/mol. The van der Waals surface area contributed by atoms with Crippen LogP contribution in [0.15, 0.2) is 61.1 Å². The van der Waals surface area contributed by atoms with Gasteiger partial charge >= 0.3 is 0 Å². The van der Waals surface area contributed by atoms with Crippen LogP contribution in [0.3, 0.4) is 0 Å². The smallest absolute Gasteiger partial charge is 0.103 e. The number of aromatic nitrogens is 4. The number of benzene rings is 2. The number of anilines is 1. The molecule has 194 valence electrons. The maximum atomic E-state index is 11.8. The van der Waals surface area contributed by atoms with Crippen LogP contribution >= 0.6 is 11.6 Å². The molecule has 7 nitrogen and oxygen atoms in total. The Morgan fingerprint density at radius 3 is 2.68 bits per heavy atom. The largest absolute Gasteiger partial charge is 0.384 e. The van der Waals surface area contributed by atoms with E-state index < -0.39 is 5.60 Å². The first-order valence-corrected chi connectivity index (χ1v) is 14.0. The third-order valence-corrected chi connectivity index (χ3v) is 11.1. The Balaban J connectivity index is 1.03. The molecule has 5 saturated carbocycles. The summed E-state index contributed by atoms with van der Waals surface area (Å²) in [6.45, 7) is 2.60. The molecule has 3 heterocycles. The van der Waals surface area contributed by atoms with Gasteiger partial charge in [0.15, 0.2) is 0 Å². The van der Waals surface area contributed by atoms with Gasteiger partial charge in [-0.3, -0.25) is 4.68 Å². The average Bonchev–Trinajstić information content (AvgIpc) is 3.21. The van der Waals surface area contributed by atoms with Crippen molar-refractivity contribution in [3.8, 4) is 5.69 Å². The number of ether oxygens (including phenoxy) is 1. The van der Waals surface area contributed by atoms with Crippen LogP contribution in [0.5, 0.6) is 0 Å². The number of nitrogens with zero attached hydrogens (tertiary/aromatic N) is 5. The maximum Gasteiger partial charge on any atom is 0.103 e. The number of rotatable bonds is 6. The minimum Gasteiger partial charge on any atom is -0.384 e. The van der Waals surface area contributed by atoms with Gasteiger partial charge in [-0.05, 0) is 43.4 Å². The lowest BCUT2D eigenvalue weighted by Gasteiger charge is -2.70. The Labute approximate surface area is 225 Å². The van der Waals surface area contributed by atoms with Gasteiger partial charge in [0, 0.05) is 48.3 Å². The zero-order chi connectivity index (χ0) is 25.5. The van der Waals surface area contributed by atoms with Crippen molar-refractivity contribution in [2.45, 2.75) is 36.8 Å². The molecule has 4 unspecified atom stereocenters. The Morgan fingerprint density at radius 2 is 1.89 bits per heavy atom. The monoisotopic (exact) mass is 527 g/mol. The van der Waals surface area contributed by atoms with Crippen molar-refractivity contribution in [3.63, 3.8) is 0 Å². The van der Waals surface area contributed by atoms with Crippen molar-refractivity contribution in [2.75, 3.05) is 31.7 Å². The molecule has 2 aromatic carbocycles. The van der Waals surface area contributed by atoms with Crippen LogP contribution in [0.25, 0.3) is 16.6 Å². The SMILES string of the molecule is COCC12CC(n3cc(-n4ncc5cc(Cl)c(N6CC7C8(CC8C7(O)c7ccccc7)C6)cc54)cn3)(C1)C2. The summed E-state index contributed by atoms with van der Waals surface area (Å²) >= 11 is 6.87. The van der Waals surface area contributed by atoms with Crippen LogP contribution in [0.2, 0.25) is 5.02 Å². The lowest BCUT2D eigenvalue weighted by Crippen LogP contribution is -2.69. The molecule has 6 aliphatic rings. The van der Waals surface area contributed by atoms with E-state index in [0.717, 1.165) is 78.2 Å². The number of methoxy groups -OCH3 is 1. The molecule has 4 aromatic rings. The Bertz CT molecular complexity index is 1610. The number of fused-ring (bicyclic) bond motifs is 1. The van der Waals surface area contributed by atoms with Crippen molar-refractivity contribution in [2.24, 2.45) is 22.7 Å². The molecule has 0 amide bonds. The maximum absolute atomic E-state index is 11.8. The van der Waals surface area contributed by atoms with Gasteiger partial charge in [0.2, 0.25) is 0 Å². The van der Waals surface area contributed by atoms with Crippen molar-refractivity contribution in [1.82, 2.24) is 19.6 Å². The third kappa shape index (κ3) is 2.49. The molecule has 38 heavy (non-hydrogen) atoms. The van der Waals surface area contributed by atoms with Gasteiger partial charge in [0.1, 0.15) is 5.69 Å². The minimum absolute atomic E-state index is 0.151. The predicted octanol–water partition coefficient (Wildman–Crippen LogP) is 4.74. The standard InChI is InChI=1S/C30H30ClN5O2/c1-38-18-27-14-28(15-27,16-27)35-12-21(11-32-35)36-23-8-24(22(31)7-19(23)10-33-36)34-13-26-29(17-34)9-25(29)30(26,37)20-5-3-2-4-6-20/h2-8,10-12,25-26,37H,9,13-18H2,1H3. The van der Waals surface area contributed by atoms with Crippen LogP contribution in [0, 0.1) is 22.7 Å². The highest BCUT2D eigenvalue weighted by Crippen LogP contribution is 2.81. The van der Waals surface area contributed by atoms with E-state index in [0.29, 0.717) is 11.3 Å². The lowest BCUT2D eigenvalue weighted by molar-refractivity contribution is -0.217. The second-order valence-corrected chi connectivity index (χ2v) is 13.3. The molecule has 1 N–H and O–H groups in total. The topological polar surface area (TPSA) is 68.3 Å². The zero-order valence-electron chi connectivity index (χ0n) is 21.3. The van der Waals surface area contributed by atoms with E-state index in [4.69, 9.17) is 26.5 Å². The molecule has 1 spiro atoms. The number of aliphatic hydroxyl groups is 1. The molecule has 1 saturated heterocycles. The molecule has 1 aliphatic heterocycles. The summed E-state index contributed by atoms with van der Waals surface area (Å²) in [5.41, 5.74) is 4.09. The van der Waals surface area contributed by atoms with Gasteiger partial charge in [0.25, 0.3) is 0 Å². The first-order valence-electron chi connectivity index (χ1n) is 13.6. The Kier molecular flexibility index (Phi) is 3.95. The fourth-order valence-electron chi connectivity index (χ4n) is 9.23. The Hall–Kier alpha value is -2.87. The van der Waals surface area contributed by atoms with Gasteiger partial charge in [-0.15, -0.1) is 0 Å². The number of hydrogen-bond donors (Lipinski definition) is 1. The first kappa shape index (κ1) is 22.0. The fraction of sp³-hybridized carbons (Fsp3) is 0.467. The molecule has 2 aromatic heterocycles. The minimum atomic E-state index is -0.730. The number of halogens is 1. The van der Waals surface area contributed by atoms with Gasteiger partial charge in [0.05, 0.1) is 52.6 Å². The van der Waals surface area contributed by atoms with Crippen LogP contribution < -0.4 is 4.90 Å². The lowest BCUT2D eigenvalue weighted by atomic mass is 9.39. The van der Waals surface area contributed by atoms with E-state index in [1.807, 2.05) is 41.3 Å². The zero-order valence-corrected chi connectivity index (χ0v) is 22.1. The fourth-order valence-corrected chi connectivity index (χ4v) is 9.52. The summed E-state index contributed by atoms with van der Waals surface area (Å²) in [7, 11) is 1.79. The van der Waals surface area contributed by atoms with E-state index in [-0.39, 0.29) is 16.9 Å². The van der Waals surface area contributed by atoms with E-state index in [2.05, 4.69) is 34.0 Å². The van der Waals surface area contributed by atoms with E-state index in [1.54, 1.807) is 7.11 Å². The second kappa shape index (κ2) is 6.82. The Morgan fingerprint density at radius 1 is 1.08 bits per heavy atom. The normalized spacial score (nSPS) is 37.8. The van der Waals surface area contributed by atoms with Crippen LogP contribution in [0.4, 0.5) is 5.69 Å². The highest BCUT2D eigenvalue weighted by Gasteiger charge is 2.83. The molecule has 8 heteroatoms. The van der Waals surface area contributed by atoms with Gasteiger partial charge in [-0.25, -0.2) is 4.68 Å². The van der Waals surface area contributed by atoms with Crippen LogP contribution in [-0.2, 0) is 15.9 Å². The third-order valence-electron chi connectivity index (χ3n) is 10.8. The summed E-state index contributed by atoms with van der Waals surface area (Å²) in [6.07, 6.45) is 10.5. The summed E-state index contributed by atoms with van der Waals surface area (Å²) in [6, 6.07) is 14.4. The summed E-state index contributed by atoms with van der Waals surface area (Å²) in [5, 5.41) is 23.0. The molecule has 6 fully saturated rings. The van der Waals surface area contributed by atoms with Gasteiger partial charge in [-0.1, -0.05) is 41.9 Å². The molecular weight excluding hydrogens is 498 g/mol. The van der Waals surface area contributed by atoms with E-state index in [1.165, 1.54) is 0 Å². The summed E-state index contributed by atoms with van der Waals surface area (Å²) < 4.78 is 9.57. The van der Waals surface area contributed by atoms with Crippen molar-refractivity contribution >= 4 is 28.2 Å². The molecule has 0 radical (unpaired) electrons. The van der Waals surface area contributed by atoms with E-state index >= 15 is 0 Å². The van der Waals surface area contributed by atoms with Crippen molar-refractivity contribution in [3.05, 3.63) is 71.6 Å². The highest BCUT2D eigenvalue weighted by atomic mass is 35.5. The number of hydrogen-bond acceptors (Lipinski definition) is 5. The first-order chi connectivity index (χ1) is 18.4. The summed E-state index contributed by atoms with van der Waals surface area (Å²) in [5.74, 6) is 0.568. The van der Waals surface area contributed by atoms with Gasteiger partial charge < -0.3 is 14.7 Å².